The van der Waals surface area contributed by atoms with Gasteiger partial charge in [-0.1, -0.05) is 34.6 Å². The van der Waals surface area contributed by atoms with E-state index in [0.29, 0.717) is 19.5 Å². The van der Waals surface area contributed by atoms with Crippen LogP contribution in [0.15, 0.2) is 18.2 Å². The van der Waals surface area contributed by atoms with E-state index in [1.54, 1.807) is 6.92 Å². The van der Waals surface area contributed by atoms with Crippen molar-refractivity contribution in [3.8, 4) is 6.07 Å². The summed E-state index contributed by atoms with van der Waals surface area (Å²) in [6.07, 6.45) is -7.18. The number of alkyl halides is 6. The van der Waals surface area contributed by atoms with Crippen LogP contribution in [0.1, 0.15) is 84.0 Å². The second-order valence-electron chi connectivity index (χ2n) is 9.42. The van der Waals surface area contributed by atoms with Gasteiger partial charge in [-0.3, -0.25) is 14.6 Å². The quantitative estimate of drug-likeness (QED) is 0.221. The number of rotatable bonds is 8. The van der Waals surface area contributed by atoms with E-state index in [-0.39, 0.29) is 36.3 Å². The number of nitrogens with zero attached hydrogens (tertiary/aromatic N) is 4. The maximum atomic E-state index is 13.1. The van der Waals surface area contributed by atoms with Crippen molar-refractivity contribution in [2.24, 2.45) is 5.73 Å². The maximum absolute atomic E-state index is 13.1. The highest BCUT2D eigenvalue weighted by Crippen LogP contribution is 2.41. The first-order valence-corrected chi connectivity index (χ1v) is 13.8. The summed E-state index contributed by atoms with van der Waals surface area (Å²) in [5.74, 6) is 0. The molecule has 0 aliphatic carbocycles. The molecule has 2 heterocycles. The molecule has 2 aliphatic rings. The lowest BCUT2D eigenvalue weighted by atomic mass is 9.98. The third-order valence-electron chi connectivity index (χ3n) is 6.44. The van der Waals surface area contributed by atoms with Crippen molar-refractivity contribution >= 4 is 6.41 Å². The van der Waals surface area contributed by atoms with Crippen molar-refractivity contribution in [2.75, 3.05) is 32.7 Å². The summed E-state index contributed by atoms with van der Waals surface area (Å²) in [6.45, 7) is 16.5. The number of carbonyl (C=O) groups excluding carboxylic acids is 1. The molecule has 1 amide bonds. The molecule has 2 unspecified atom stereocenters. The Labute approximate surface area is 235 Å². The van der Waals surface area contributed by atoms with E-state index in [0.717, 1.165) is 38.1 Å². The monoisotopic (exact) mass is 581 g/mol. The van der Waals surface area contributed by atoms with Crippen molar-refractivity contribution < 1.29 is 31.1 Å². The summed E-state index contributed by atoms with van der Waals surface area (Å²) in [4.78, 5) is 15.8. The summed E-state index contributed by atoms with van der Waals surface area (Å²) >= 11 is 0. The Bertz CT molecular complexity index is 884. The Hall–Kier alpha value is -2.36. The third kappa shape index (κ3) is 11.3. The van der Waals surface area contributed by atoms with E-state index in [2.05, 4.69) is 4.90 Å². The molecule has 2 aliphatic heterocycles. The van der Waals surface area contributed by atoms with Crippen LogP contribution in [-0.4, -0.2) is 72.0 Å². The van der Waals surface area contributed by atoms with Gasteiger partial charge in [0, 0.05) is 50.3 Å². The topological polar surface area (TPSA) is 76.6 Å². The molecule has 0 spiro atoms. The first kappa shape index (κ1) is 37.6. The van der Waals surface area contributed by atoms with Crippen LogP contribution in [0, 0.1) is 11.3 Å². The fourth-order valence-electron chi connectivity index (χ4n) is 4.81. The lowest BCUT2D eigenvalue weighted by Gasteiger charge is -2.38. The molecule has 0 aromatic heterocycles. The second kappa shape index (κ2) is 17.5. The minimum atomic E-state index is -4.83. The first-order chi connectivity index (χ1) is 18.7. The number of benzene rings is 1. The van der Waals surface area contributed by atoms with Gasteiger partial charge < -0.3 is 10.6 Å². The molecule has 0 radical (unpaired) electrons. The molecule has 230 valence electrons. The minimum absolute atomic E-state index is 0.0213. The van der Waals surface area contributed by atoms with E-state index in [4.69, 9.17) is 11.0 Å². The third-order valence-corrected chi connectivity index (χ3v) is 6.44. The van der Waals surface area contributed by atoms with Crippen LogP contribution >= 0.6 is 0 Å². The highest BCUT2D eigenvalue weighted by atomic mass is 19.4. The van der Waals surface area contributed by atoms with Gasteiger partial charge in [0.25, 0.3) is 0 Å². The average Bonchev–Trinajstić information content (AvgIpc) is 3.50. The number of likely N-dealkylation sites (tertiary alicyclic amines) is 2. The zero-order valence-corrected chi connectivity index (χ0v) is 24.6. The highest BCUT2D eigenvalue weighted by molar-refractivity contribution is 5.47. The Morgan fingerprint density at radius 2 is 1.55 bits per heavy atom. The van der Waals surface area contributed by atoms with Crippen LogP contribution in [-0.2, 0) is 17.1 Å². The first-order valence-electron chi connectivity index (χ1n) is 13.8. The van der Waals surface area contributed by atoms with Gasteiger partial charge in [-0.25, -0.2) is 0 Å². The fourth-order valence-corrected chi connectivity index (χ4v) is 4.81. The Kier molecular flexibility index (Phi) is 16.4. The lowest BCUT2D eigenvalue weighted by molar-refractivity contribution is -0.143. The normalized spacial score (nSPS) is 20.0. The number of hydrogen-bond donors (Lipinski definition) is 1. The van der Waals surface area contributed by atoms with Crippen LogP contribution in [0.5, 0.6) is 0 Å². The predicted octanol–water partition coefficient (Wildman–Crippen LogP) is 6.32. The van der Waals surface area contributed by atoms with Crippen LogP contribution in [0.2, 0.25) is 0 Å². The molecule has 2 fully saturated rings. The van der Waals surface area contributed by atoms with Crippen LogP contribution < -0.4 is 5.73 Å². The predicted molar refractivity (Wildman–Crippen MR) is 145 cm³/mol. The molecule has 1 aromatic carbocycles. The van der Waals surface area contributed by atoms with Crippen LogP contribution in [0.3, 0.4) is 0 Å². The molecule has 40 heavy (non-hydrogen) atoms. The number of halogens is 6. The van der Waals surface area contributed by atoms with Gasteiger partial charge in [0.15, 0.2) is 0 Å². The summed E-state index contributed by atoms with van der Waals surface area (Å²) in [5, 5.41) is 8.14. The van der Waals surface area contributed by atoms with E-state index < -0.39 is 29.5 Å². The number of piperazine rings is 1. The number of carbonyl (C=O) groups is 1. The van der Waals surface area contributed by atoms with E-state index >= 15 is 0 Å². The smallest absolute Gasteiger partial charge is 0.332 e. The largest absolute Gasteiger partial charge is 0.416 e. The van der Waals surface area contributed by atoms with Gasteiger partial charge in [0.1, 0.15) is 6.54 Å². The number of amides is 1. The summed E-state index contributed by atoms with van der Waals surface area (Å²) in [7, 11) is 0. The van der Waals surface area contributed by atoms with Crippen molar-refractivity contribution in [1.29, 1.82) is 5.26 Å². The molecule has 2 saturated heterocycles. The summed E-state index contributed by atoms with van der Waals surface area (Å²) in [5.41, 5.74) is 3.36. The van der Waals surface area contributed by atoms with Gasteiger partial charge >= 0.3 is 12.4 Å². The molecular weight excluding hydrogens is 536 g/mol. The molecule has 2 bridgehead atoms. The van der Waals surface area contributed by atoms with Crippen molar-refractivity contribution in [1.82, 2.24) is 14.7 Å². The second-order valence-corrected chi connectivity index (χ2v) is 9.42. The number of nitrogens with two attached hydrogens (primary N) is 1. The van der Waals surface area contributed by atoms with Gasteiger partial charge in [-0.15, -0.1) is 0 Å². The Morgan fingerprint density at radius 1 is 1.02 bits per heavy atom. The average molecular weight is 582 g/mol. The van der Waals surface area contributed by atoms with Gasteiger partial charge in [-0.05, 0) is 50.5 Å². The molecular formula is C28H45F6N5O. The van der Waals surface area contributed by atoms with Crippen LogP contribution in [0.4, 0.5) is 26.3 Å². The highest BCUT2D eigenvalue weighted by Gasteiger charge is 2.45. The fraction of sp³-hybridized carbons (Fsp3) is 0.714. The van der Waals surface area contributed by atoms with E-state index in [1.807, 2.05) is 52.5 Å². The lowest BCUT2D eigenvalue weighted by Crippen LogP contribution is -2.49. The van der Waals surface area contributed by atoms with Gasteiger partial charge in [-0.2, -0.15) is 31.6 Å². The van der Waals surface area contributed by atoms with E-state index in [9.17, 15) is 31.1 Å². The molecule has 6 nitrogen and oxygen atoms in total. The van der Waals surface area contributed by atoms with Gasteiger partial charge in [0.2, 0.25) is 6.41 Å². The van der Waals surface area contributed by atoms with E-state index in [1.165, 1.54) is 4.90 Å². The number of nitriles is 1. The Balaban J connectivity index is 0.000000991. The van der Waals surface area contributed by atoms with Crippen LogP contribution in [0.25, 0.3) is 0 Å². The number of fused-ring (bicyclic) bond motifs is 2. The minimum Gasteiger partial charge on any atom is -0.332 e. The molecule has 1 aromatic rings. The number of hydrogen-bond acceptors (Lipinski definition) is 5. The van der Waals surface area contributed by atoms with Crippen molar-refractivity contribution in [2.45, 2.75) is 97.8 Å². The Morgan fingerprint density at radius 3 is 1.90 bits per heavy atom. The maximum Gasteiger partial charge on any atom is 0.416 e. The summed E-state index contributed by atoms with van der Waals surface area (Å²) < 4.78 is 78.6. The zero-order chi connectivity index (χ0) is 31.3. The molecule has 4 atom stereocenters. The van der Waals surface area contributed by atoms with Gasteiger partial charge in [0.05, 0.1) is 17.2 Å². The molecule has 3 rings (SSSR count). The van der Waals surface area contributed by atoms with Crippen molar-refractivity contribution in [3.63, 3.8) is 0 Å². The molecule has 0 saturated carbocycles. The molecule has 12 heteroatoms. The summed E-state index contributed by atoms with van der Waals surface area (Å²) in [6, 6.07) is 3.61. The standard InChI is InChI=1S/C18H23F6N3.C6H10N2O.2C2H6/c1-10(25)7-26-8-16-6-15(26)9-27(16)11(2)12-3-13(17(19,20)21)5-14(4-12)18(22,23)24;1-2-4-8(6-9)5-3-7;2*1-2/h3-5,10-11,15-16H,6-9,25H2,1-2H3;6H,2,4-5H2,1H3;2*1-2H3/t10-,11?,15+,16?;;;/m1.../s1. The zero-order valence-electron chi connectivity index (χ0n) is 24.6. The molecule has 2 N–H and O–H groups in total. The van der Waals surface area contributed by atoms with Crippen molar-refractivity contribution in [3.05, 3.63) is 34.9 Å². The SMILES string of the molecule is CC.CC.CC(c1cc(C(F)(F)F)cc(C(F)(F)F)c1)N1C[C@@H]2CC1CN2C[C@@H](C)N.CCCN(C=O)CC#N.